The van der Waals surface area contributed by atoms with E-state index < -0.39 is 0 Å². The van der Waals surface area contributed by atoms with Crippen LogP contribution in [0.4, 0.5) is 0 Å². The molecule has 0 fully saturated rings. The van der Waals surface area contributed by atoms with Crippen LogP contribution in [0.1, 0.15) is 11.1 Å². The van der Waals surface area contributed by atoms with Gasteiger partial charge < -0.3 is 4.57 Å². The molecule has 36 heavy (non-hydrogen) atoms. The lowest BCUT2D eigenvalue weighted by molar-refractivity contribution is 1.18. The van der Waals surface area contributed by atoms with Crippen LogP contribution in [0.3, 0.4) is 0 Å². The average molecular weight is 460 g/mol. The zero-order valence-electron chi connectivity index (χ0n) is 19.9. The van der Waals surface area contributed by atoms with Gasteiger partial charge in [-0.15, -0.1) is 0 Å². The maximum absolute atomic E-state index is 2.38. The summed E-state index contributed by atoms with van der Waals surface area (Å²) in [6.45, 7) is 0. The fourth-order valence-corrected chi connectivity index (χ4v) is 5.55. The minimum atomic E-state index is 0.917. The van der Waals surface area contributed by atoms with Crippen LogP contribution in [-0.2, 0) is 6.42 Å². The maximum Gasteiger partial charge on any atom is 0.0547 e. The smallest absolute Gasteiger partial charge is 0.0547 e. The maximum atomic E-state index is 2.38. The third-order valence-corrected chi connectivity index (χ3v) is 7.17. The van der Waals surface area contributed by atoms with Gasteiger partial charge in [-0.2, -0.15) is 0 Å². The van der Waals surface area contributed by atoms with Crippen molar-refractivity contribution in [1.82, 2.24) is 4.57 Å². The number of para-hydroxylation sites is 2. The van der Waals surface area contributed by atoms with Crippen molar-refractivity contribution in [2.24, 2.45) is 0 Å². The van der Waals surface area contributed by atoms with Gasteiger partial charge in [0.2, 0.25) is 0 Å². The second kappa shape index (κ2) is 8.55. The van der Waals surface area contributed by atoms with Gasteiger partial charge in [-0.3, -0.25) is 0 Å². The Kier molecular flexibility index (Phi) is 4.92. The number of fused-ring (bicyclic) bond motifs is 4. The molecule has 1 nitrogen and oxygen atoms in total. The lowest BCUT2D eigenvalue weighted by Gasteiger charge is -2.10. The minimum Gasteiger partial charge on any atom is -0.309 e. The zero-order valence-corrected chi connectivity index (χ0v) is 19.9. The van der Waals surface area contributed by atoms with Crippen molar-refractivity contribution in [3.8, 4) is 16.8 Å². The van der Waals surface area contributed by atoms with Crippen molar-refractivity contribution in [2.75, 3.05) is 0 Å². The Morgan fingerprint density at radius 3 is 2.11 bits per heavy atom. The van der Waals surface area contributed by atoms with E-state index in [0.29, 0.717) is 0 Å². The normalized spacial score (nSPS) is 11.4. The van der Waals surface area contributed by atoms with Crippen LogP contribution in [0.2, 0.25) is 0 Å². The summed E-state index contributed by atoms with van der Waals surface area (Å²) < 4.78 is 2.38. The summed E-state index contributed by atoms with van der Waals surface area (Å²) >= 11 is 0. The van der Waals surface area contributed by atoms with E-state index in [1.165, 1.54) is 60.5 Å². The second-order valence-electron chi connectivity index (χ2n) is 9.45. The first-order valence-electron chi connectivity index (χ1n) is 12.5. The van der Waals surface area contributed by atoms with Crippen molar-refractivity contribution >= 4 is 32.6 Å². The lowest BCUT2D eigenvalue weighted by atomic mass is 9.95. The molecule has 0 aliphatic rings. The van der Waals surface area contributed by atoms with Gasteiger partial charge in [0, 0.05) is 16.5 Å². The van der Waals surface area contributed by atoms with Gasteiger partial charge in [0.05, 0.1) is 11.0 Å². The fourth-order valence-electron chi connectivity index (χ4n) is 5.55. The molecule has 0 bridgehead atoms. The Morgan fingerprint density at radius 1 is 0.472 bits per heavy atom. The van der Waals surface area contributed by atoms with E-state index in [1.807, 2.05) is 0 Å². The minimum absolute atomic E-state index is 0.917. The average Bonchev–Trinajstić information content (AvgIpc) is 3.28. The van der Waals surface area contributed by atoms with E-state index in [1.54, 1.807) is 0 Å². The molecule has 0 unspecified atom stereocenters. The first-order chi connectivity index (χ1) is 17.8. The van der Waals surface area contributed by atoms with Gasteiger partial charge in [0.25, 0.3) is 0 Å². The van der Waals surface area contributed by atoms with Crippen molar-refractivity contribution in [3.63, 3.8) is 0 Å². The zero-order chi connectivity index (χ0) is 23.9. The first kappa shape index (κ1) is 20.7. The van der Waals surface area contributed by atoms with E-state index in [9.17, 15) is 0 Å². The molecule has 0 radical (unpaired) electrons. The highest BCUT2D eigenvalue weighted by Gasteiger charge is 2.15. The van der Waals surface area contributed by atoms with Crippen LogP contribution in [0, 0.1) is 0 Å². The Hall–Kier alpha value is -4.62. The molecule has 6 aromatic carbocycles. The summed E-state index contributed by atoms with van der Waals surface area (Å²) in [7, 11) is 0. The van der Waals surface area contributed by atoms with Gasteiger partial charge in [0.1, 0.15) is 0 Å². The van der Waals surface area contributed by atoms with Gasteiger partial charge in [-0.25, -0.2) is 0 Å². The number of hydrogen-bond donors (Lipinski definition) is 0. The van der Waals surface area contributed by atoms with Gasteiger partial charge >= 0.3 is 0 Å². The molecule has 1 aromatic heterocycles. The summed E-state index contributed by atoms with van der Waals surface area (Å²) in [4.78, 5) is 0. The number of hydrogen-bond acceptors (Lipinski definition) is 0. The molecule has 1 heterocycles. The van der Waals surface area contributed by atoms with Crippen LogP contribution in [0.5, 0.6) is 0 Å². The van der Waals surface area contributed by atoms with Gasteiger partial charge in [-0.05, 0) is 63.7 Å². The number of aromatic nitrogens is 1. The highest BCUT2D eigenvalue weighted by Crippen LogP contribution is 2.38. The van der Waals surface area contributed by atoms with Gasteiger partial charge in [0.15, 0.2) is 0 Å². The summed E-state index contributed by atoms with van der Waals surface area (Å²) in [5, 5.41) is 5.17. The van der Waals surface area contributed by atoms with Crippen molar-refractivity contribution in [1.29, 1.82) is 0 Å². The van der Waals surface area contributed by atoms with E-state index in [-0.39, 0.29) is 0 Å². The molecule has 0 amide bonds. The second-order valence-corrected chi connectivity index (χ2v) is 9.45. The monoisotopic (exact) mass is 459 g/mol. The standard InChI is InChI=1S/C35H25N/c1-2-14-30(15-3-1)36-33-18-7-6-16-32(33)35-31(17-9-19-34(35)36)29-13-8-10-25(24-29)22-26-20-21-27-11-4-5-12-28(27)23-26/h1-21,23-24H,22H2. The van der Waals surface area contributed by atoms with E-state index in [2.05, 4.69) is 144 Å². The van der Waals surface area contributed by atoms with E-state index in [0.717, 1.165) is 6.42 Å². The Labute approximate surface area is 210 Å². The first-order valence-corrected chi connectivity index (χ1v) is 12.5. The van der Waals surface area contributed by atoms with E-state index in [4.69, 9.17) is 0 Å². The predicted molar refractivity (Wildman–Crippen MR) is 153 cm³/mol. The SMILES string of the molecule is c1ccc(-n2c3ccccc3c3c(-c4cccc(Cc5ccc6ccccc6c5)c4)cccc32)cc1. The van der Waals surface area contributed by atoms with Crippen LogP contribution in [0.25, 0.3) is 49.4 Å². The van der Waals surface area contributed by atoms with Crippen molar-refractivity contribution in [2.45, 2.75) is 6.42 Å². The largest absolute Gasteiger partial charge is 0.309 e. The van der Waals surface area contributed by atoms with Crippen molar-refractivity contribution < 1.29 is 0 Å². The molecule has 0 aliphatic carbocycles. The Balaban J connectivity index is 1.37. The molecule has 0 spiro atoms. The third-order valence-electron chi connectivity index (χ3n) is 7.17. The molecule has 0 atom stereocenters. The summed E-state index contributed by atoms with van der Waals surface area (Å²) in [6.07, 6.45) is 0.917. The molecular weight excluding hydrogens is 434 g/mol. The van der Waals surface area contributed by atoms with Crippen molar-refractivity contribution in [3.05, 3.63) is 151 Å². The molecule has 0 aliphatic heterocycles. The molecule has 7 aromatic rings. The van der Waals surface area contributed by atoms with E-state index >= 15 is 0 Å². The molecule has 1 heteroatoms. The third kappa shape index (κ3) is 3.49. The number of rotatable bonds is 4. The highest BCUT2D eigenvalue weighted by atomic mass is 15.0. The number of nitrogens with zero attached hydrogens (tertiary/aromatic N) is 1. The summed E-state index contributed by atoms with van der Waals surface area (Å²) in [5.74, 6) is 0. The molecule has 7 rings (SSSR count). The predicted octanol–water partition coefficient (Wildman–Crippen LogP) is 9.19. The highest BCUT2D eigenvalue weighted by molar-refractivity contribution is 6.15. The van der Waals surface area contributed by atoms with Gasteiger partial charge in [-0.1, -0.05) is 115 Å². The summed E-state index contributed by atoms with van der Waals surface area (Å²) in [5.41, 5.74) is 8.86. The number of benzene rings is 6. The molecular formula is C35H25N. The van der Waals surface area contributed by atoms with Crippen LogP contribution in [0.15, 0.2) is 140 Å². The Bertz CT molecular complexity index is 1860. The summed E-state index contributed by atoms with van der Waals surface area (Å²) in [6, 6.07) is 50.5. The van der Waals surface area contributed by atoms with Crippen LogP contribution in [-0.4, -0.2) is 4.57 Å². The topological polar surface area (TPSA) is 4.93 Å². The quantitative estimate of drug-likeness (QED) is 0.247. The molecule has 170 valence electrons. The molecule has 0 N–H and O–H groups in total. The van der Waals surface area contributed by atoms with Crippen LogP contribution >= 0.6 is 0 Å². The Morgan fingerprint density at radius 2 is 1.19 bits per heavy atom. The molecule has 0 saturated carbocycles. The van der Waals surface area contributed by atoms with Crippen LogP contribution < -0.4 is 0 Å². The molecule has 0 saturated heterocycles. The fraction of sp³-hybridized carbons (Fsp3) is 0.0286. The lowest BCUT2D eigenvalue weighted by Crippen LogP contribution is -1.93.